The van der Waals surface area contributed by atoms with E-state index in [1.54, 1.807) is 0 Å². The Kier molecular flexibility index (Phi) is 17.6. The Morgan fingerprint density at radius 1 is 0.512 bits per heavy atom. The largest absolute Gasteiger partial charge is 0.499 e. The van der Waals surface area contributed by atoms with Gasteiger partial charge in [0.2, 0.25) is 0 Å². The van der Waals surface area contributed by atoms with E-state index in [1.165, 1.54) is 12.5 Å². The first kappa shape index (κ1) is 55.5. The molecule has 0 amide bonds. The van der Waals surface area contributed by atoms with Crippen LogP contribution in [0.3, 0.4) is 0 Å². The van der Waals surface area contributed by atoms with Gasteiger partial charge < -0.3 is 27.9 Å². The lowest BCUT2D eigenvalue weighted by molar-refractivity contribution is 0.0750. The van der Waals surface area contributed by atoms with Gasteiger partial charge in [-0.1, -0.05) is 193 Å². The summed E-state index contributed by atoms with van der Waals surface area (Å²) in [5, 5.41) is 14.7. The molecule has 6 aromatic carbocycles. The van der Waals surface area contributed by atoms with Crippen LogP contribution in [0.25, 0.3) is 49.4 Å². The maximum atomic E-state index is 12.3. The fourth-order valence-electron chi connectivity index (χ4n) is 11.0. The van der Waals surface area contributed by atoms with E-state index in [4.69, 9.17) is 38.9 Å². The number of fused-ring (bicyclic) bond motifs is 1. The van der Waals surface area contributed by atoms with Gasteiger partial charge >= 0.3 is 13.7 Å². The molecule has 82 heavy (non-hydrogen) atoms. The summed E-state index contributed by atoms with van der Waals surface area (Å²) in [6.07, 6.45) is 2.82. The van der Waals surface area contributed by atoms with Crippen molar-refractivity contribution in [2.45, 2.75) is 40.9 Å². The minimum absolute atomic E-state index is 0.213. The second-order valence-electron chi connectivity index (χ2n) is 19.8. The van der Waals surface area contributed by atoms with E-state index >= 15 is 0 Å². The van der Waals surface area contributed by atoms with E-state index in [9.17, 15) is 11.8 Å². The van der Waals surface area contributed by atoms with Gasteiger partial charge in [-0.05, 0) is 74.2 Å². The normalized spacial score (nSPS) is 11.8. The van der Waals surface area contributed by atoms with Gasteiger partial charge in [0.25, 0.3) is 5.70 Å². The third-order valence-corrected chi connectivity index (χ3v) is 14.1. The second-order valence-corrected chi connectivity index (χ2v) is 19.8. The predicted molar refractivity (Wildman–Crippen MR) is 329 cm³/mol. The number of aromatic nitrogens is 6. The lowest BCUT2D eigenvalue weighted by Crippen LogP contribution is -2.54. The number of rotatable bonds is 22. The molecule has 0 unspecified atom stereocenters. The van der Waals surface area contributed by atoms with Crippen molar-refractivity contribution in [3.8, 4) is 28.6 Å². The van der Waals surface area contributed by atoms with E-state index < -0.39 is 13.7 Å². The van der Waals surface area contributed by atoms with E-state index in [0.717, 1.165) is 55.5 Å². The van der Waals surface area contributed by atoms with Gasteiger partial charge in [-0.25, -0.2) is 24.8 Å². The maximum Gasteiger partial charge on any atom is 0.328 e. The highest BCUT2D eigenvalue weighted by Crippen LogP contribution is 2.37. The summed E-state index contributed by atoms with van der Waals surface area (Å²) in [7, 11) is 0. The fraction of sp³-hybridized carbons (Fsp3) is 0.147. The Morgan fingerprint density at radius 2 is 0.890 bits per heavy atom. The first-order valence-corrected chi connectivity index (χ1v) is 27.2. The zero-order chi connectivity index (χ0) is 57.0. The van der Waals surface area contributed by atoms with Crippen LogP contribution in [0.2, 0.25) is 0 Å². The molecular formula is C68H60B2N8O4. The van der Waals surface area contributed by atoms with Crippen molar-refractivity contribution in [3.05, 3.63) is 275 Å². The molecule has 0 atom stereocenters. The molecule has 0 fully saturated rings. The number of ether oxygens (including phenoxy) is 4. The van der Waals surface area contributed by atoms with Crippen molar-refractivity contribution in [2.24, 2.45) is 0 Å². The Hall–Kier alpha value is -9.85. The summed E-state index contributed by atoms with van der Waals surface area (Å²) in [6.45, 7) is 25.4. The Balaban J connectivity index is 1.55. The number of benzene rings is 6. The monoisotopic (exact) mass is 1070 g/mol. The number of nitrogens with zero attached hydrogens (tertiary/aromatic N) is 8. The van der Waals surface area contributed by atoms with Crippen LogP contribution in [-0.4, -0.2) is 69.0 Å². The van der Waals surface area contributed by atoms with Crippen LogP contribution in [0.15, 0.2) is 208 Å². The molecule has 0 aliphatic heterocycles. The van der Waals surface area contributed by atoms with Gasteiger partial charge in [0.05, 0.1) is 50.9 Å². The molecule has 0 bridgehead atoms. The number of nitriles is 1. The van der Waals surface area contributed by atoms with Crippen LogP contribution in [0.5, 0.6) is 0 Å². The molecule has 12 nitrogen and oxygen atoms in total. The summed E-state index contributed by atoms with van der Waals surface area (Å²) in [5.74, 6) is 0.521. The minimum atomic E-state index is -0.593. The third kappa shape index (κ3) is 11.9. The van der Waals surface area contributed by atoms with Gasteiger partial charge in [-0.2, -0.15) is 5.26 Å². The molecule has 4 aromatic heterocycles. The molecule has 4 heterocycles. The summed E-state index contributed by atoms with van der Waals surface area (Å²) < 4.78 is 28.0. The lowest BCUT2D eigenvalue weighted by Gasteiger charge is -2.24. The minimum Gasteiger partial charge on any atom is -0.499 e. The second kappa shape index (κ2) is 26.0. The van der Waals surface area contributed by atoms with Crippen LogP contribution >= 0.6 is 0 Å². The van der Waals surface area contributed by atoms with Crippen molar-refractivity contribution >= 4 is 57.6 Å². The average molecular weight is 1070 g/mol. The molecule has 0 aliphatic rings. The molecule has 402 valence electrons. The van der Waals surface area contributed by atoms with E-state index in [0.29, 0.717) is 70.7 Å². The van der Waals surface area contributed by atoms with Crippen LogP contribution in [0, 0.1) is 45.6 Å². The van der Waals surface area contributed by atoms with E-state index in [1.807, 2.05) is 137 Å². The van der Waals surface area contributed by atoms with Crippen molar-refractivity contribution < 1.29 is 18.9 Å². The highest BCUT2D eigenvalue weighted by atomic mass is 16.5. The molecule has 0 saturated heterocycles. The zero-order valence-corrected chi connectivity index (χ0v) is 46.5. The highest BCUT2D eigenvalue weighted by Gasteiger charge is 2.37. The fourth-order valence-corrected chi connectivity index (χ4v) is 11.0. The quantitative estimate of drug-likeness (QED) is 0.0283. The first-order chi connectivity index (χ1) is 40.2. The summed E-state index contributed by atoms with van der Waals surface area (Å²) in [6, 6.07) is 64.5. The molecule has 0 spiro atoms. The molecule has 0 aliphatic carbocycles. The summed E-state index contributed by atoms with van der Waals surface area (Å²) >= 11 is 0. The average Bonchev–Trinajstić information content (AvgIpc) is 1.85. The highest BCUT2D eigenvalue weighted by molar-refractivity contribution is 6.85. The van der Waals surface area contributed by atoms with Crippen LogP contribution < -0.4 is 32.5 Å². The molecule has 10 rings (SSSR count). The number of hydrogen-bond donors (Lipinski definition) is 0. The van der Waals surface area contributed by atoms with Gasteiger partial charge in [-0.15, -0.1) is 0 Å². The van der Waals surface area contributed by atoms with E-state index in [-0.39, 0.29) is 36.1 Å². The van der Waals surface area contributed by atoms with Crippen LogP contribution in [0.1, 0.15) is 45.6 Å². The predicted octanol–water partition coefficient (Wildman–Crippen LogP) is 9.05. The third-order valence-electron chi connectivity index (χ3n) is 14.1. The number of aryl methyl sites for hydroxylation is 4. The smallest absolute Gasteiger partial charge is 0.328 e. The van der Waals surface area contributed by atoms with E-state index in [2.05, 4.69) is 106 Å². The van der Waals surface area contributed by atoms with Crippen molar-refractivity contribution in [3.63, 3.8) is 0 Å². The lowest BCUT2D eigenvalue weighted by atomic mass is 9.50. The molecule has 0 radical (unpaired) electrons. The van der Waals surface area contributed by atoms with Gasteiger partial charge in [0.1, 0.15) is 24.9 Å². The summed E-state index contributed by atoms with van der Waals surface area (Å²) in [4.78, 5) is 25.0. The van der Waals surface area contributed by atoms with Gasteiger partial charge in [-0.3, -0.25) is 0 Å². The molecule has 14 heteroatoms. The van der Waals surface area contributed by atoms with Crippen LogP contribution in [0.4, 0.5) is 0 Å². The molecule has 10 aromatic rings. The number of hydrogen-bond acceptors (Lipinski definition) is 9. The van der Waals surface area contributed by atoms with Crippen molar-refractivity contribution in [1.29, 1.82) is 5.26 Å². The topological polar surface area (TPSA) is 126 Å². The standard InChI is InChI=1S/C68H60B2N8O4/c1-8-79-36-38-81-45-51-24-22-26-53(42-51)63-60-61(66(62(72-7)68-75-49(5)41-50(6)76-68)78(63)70(57-32-18-12-19-33-57)58-34-20-13-21-35-58)64(54-27-23-25-52(43-54)46-82-39-37-80-9-2)77(65(60)59(44-71)67-73-47(3)40-48(4)74-67)69(55-28-14-10-15-29-55)56-30-16-11-17-31-56/h8-35,40-43H,1-2,36-39,45-46H2,3-6H3/b65-59-,66-62+. The van der Waals surface area contributed by atoms with Gasteiger partial charge in [0.15, 0.2) is 11.6 Å². The van der Waals surface area contributed by atoms with Crippen LogP contribution in [-0.2, 0) is 32.2 Å². The maximum absolute atomic E-state index is 12.3. The first-order valence-electron chi connectivity index (χ1n) is 27.2. The Morgan fingerprint density at radius 3 is 1.27 bits per heavy atom. The zero-order valence-electron chi connectivity index (χ0n) is 46.5. The van der Waals surface area contributed by atoms with Gasteiger partial charge in [0, 0.05) is 50.3 Å². The SMILES string of the molecule is [C-]#[N+]/C(c1nc(C)cc(C)n1)=c1\c2c(-c3cccc(COCCOC=C)c3)n(B(c3ccccc3)c3ccccc3)/c(=C(/C#N)c3nc(C)cc(C)n3)c2c(-c2cccc(COCCOC=C)c2)n1B(c1ccccc1)c1ccccc1. The summed E-state index contributed by atoms with van der Waals surface area (Å²) in [5.41, 5.74) is 11.9. The Bertz CT molecular complexity index is 3750. The van der Waals surface area contributed by atoms with Crippen molar-refractivity contribution in [1.82, 2.24) is 28.9 Å². The molecule has 0 saturated carbocycles. The Labute approximate surface area is 479 Å². The van der Waals surface area contributed by atoms with Crippen molar-refractivity contribution in [2.75, 3.05) is 26.4 Å². The molecular weight excluding hydrogens is 1010 g/mol. The molecule has 0 N–H and O–H groups in total.